The summed E-state index contributed by atoms with van der Waals surface area (Å²) in [5.41, 5.74) is 2.38. The number of piperidine rings is 1. The molecule has 1 N–H and O–H groups in total. The van der Waals surface area contributed by atoms with Crippen molar-refractivity contribution in [2.45, 2.75) is 11.1 Å². The minimum Gasteiger partial charge on any atom is -0.385 e. The van der Waals surface area contributed by atoms with Crippen LogP contribution in [0, 0.1) is 30.5 Å². The molecule has 1 aromatic heterocycles. The van der Waals surface area contributed by atoms with Crippen molar-refractivity contribution in [2.24, 2.45) is 17.8 Å². The van der Waals surface area contributed by atoms with Gasteiger partial charge in [0.1, 0.15) is 10.0 Å². The van der Waals surface area contributed by atoms with Crippen molar-refractivity contribution in [1.29, 1.82) is 0 Å². The molecule has 0 spiro atoms. The number of anilines is 2. The van der Waals surface area contributed by atoms with Crippen LogP contribution < -0.4 is 10.2 Å². The highest BCUT2D eigenvalue weighted by Gasteiger charge is 2.57. The van der Waals surface area contributed by atoms with Crippen LogP contribution in [0.2, 0.25) is 0 Å². The summed E-state index contributed by atoms with van der Waals surface area (Å²) >= 11 is 1.29. The second-order valence-electron chi connectivity index (χ2n) is 8.40. The summed E-state index contributed by atoms with van der Waals surface area (Å²) in [6, 6.07) is 7.05. The normalized spacial score (nSPS) is 26.6. The molecule has 2 atom stereocenters. The van der Waals surface area contributed by atoms with Crippen LogP contribution in [-0.4, -0.2) is 58.7 Å². The molecule has 5 rings (SSSR count). The molecule has 1 saturated carbocycles. The average Bonchev–Trinajstić information content (AvgIpc) is 3.08. The number of nitrogens with zero attached hydrogens (tertiary/aromatic N) is 2. The lowest BCUT2D eigenvalue weighted by molar-refractivity contribution is 0.122. The standard InChI is InChI=1S/C21H26FN3O3S2/c1-14-8-21(29-13-14)30(26,27)25-11-17-16(18(17)12-25)10-23-15-2-3-20(19(22)9-15)24-4-6-28-7-5-24/h2-3,8-9,13,16-18,23H,4-7,10-12H2,1H3. The van der Waals surface area contributed by atoms with Crippen LogP contribution >= 0.6 is 11.3 Å². The third-order valence-corrected chi connectivity index (χ3v) is 9.84. The lowest BCUT2D eigenvalue weighted by Gasteiger charge is -2.29. The van der Waals surface area contributed by atoms with Crippen LogP contribution in [0.15, 0.2) is 33.9 Å². The van der Waals surface area contributed by atoms with Gasteiger partial charge in [0.2, 0.25) is 0 Å². The molecule has 2 aromatic rings. The molecule has 0 radical (unpaired) electrons. The fourth-order valence-corrected chi connectivity index (χ4v) is 7.59. The Balaban J connectivity index is 1.15. The van der Waals surface area contributed by atoms with Crippen LogP contribution in [0.4, 0.5) is 15.8 Å². The Morgan fingerprint density at radius 1 is 1.20 bits per heavy atom. The van der Waals surface area contributed by atoms with E-state index in [1.165, 1.54) is 11.3 Å². The number of aryl methyl sites for hydroxylation is 1. The largest absolute Gasteiger partial charge is 0.385 e. The minimum atomic E-state index is -3.36. The van der Waals surface area contributed by atoms with Gasteiger partial charge in [-0.3, -0.25) is 0 Å². The number of fused-ring (bicyclic) bond motifs is 1. The van der Waals surface area contributed by atoms with E-state index < -0.39 is 10.0 Å². The highest BCUT2D eigenvalue weighted by atomic mass is 32.2. The molecule has 3 aliphatic rings. The lowest BCUT2D eigenvalue weighted by atomic mass is 10.2. The molecule has 3 heterocycles. The molecule has 2 unspecified atom stereocenters. The third kappa shape index (κ3) is 3.72. The summed E-state index contributed by atoms with van der Waals surface area (Å²) in [6.45, 7) is 6.50. The molecule has 6 nitrogen and oxygen atoms in total. The van der Waals surface area contributed by atoms with Crippen molar-refractivity contribution in [2.75, 3.05) is 56.2 Å². The van der Waals surface area contributed by atoms with Crippen LogP contribution in [0.3, 0.4) is 0 Å². The third-order valence-electron chi connectivity index (χ3n) is 6.48. The first-order valence-corrected chi connectivity index (χ1v) is 12.7. The number of rotatable bonds is 6. The predicted octanol–water partition coefficient (Wildman–Crippen LogP) is 3.01. The Kier molecular flexibility index (Phi) is 5.25. The van der Waals surface area contributed by atoms with Gasteiger partial charge in [0.25, 0.3) is 10.0 Å². The molecule has 1 aromatic carbocycles. The predicted molar refractivity (Wildman–Crippen MR) is 116 cm³/mol. The minimum absolute atomic E-state index is 0.221. The maximum Gasteiger partial charge on any atom is 0.252 e. The van der Waals surface area contributed by atoms with Gasteiger partial charge in [-0.1, -0.05) is 0 Å². The van der Waals surface area contributed by atoms with E-state index in [4.69, 9.17) is 4.74 Å². The number of nitrogens with one attached hydrogen (secondary N) is 1. The van der Waals surface area contributed by atoms with E-state index in [0.29, 0.717) is 67.0 Å². The average molecular weight is 452 g/mol. The summed E-state index contributed by atoms with van der Waals surface area (Å²) in [5, 5.41) is 5.22. The van der Waals surface area contributed by atoms with Crippen LogP contribution in [-0.2, 0) is 14.8 Å². The van der Waals surface area contributed by atoms with E-state index in [2.05, 4.69) is 5.32 Å². The number of sulfonamides is 1. The fourth-order valence-electron chi connectivity index (χ4n) is 4.69. The van der Waals surface area contributed by atoms with Gasteiger partial charge in [-0.05, 0) is 59.9 Å². The Bertz CT molecular complexity index is 1020. The van der Waals surface area contributed by atoms with Gasteiger partial charge in [0.15, 0.2) is 0 Å². The summed E-state index contributed by atoms with van der Waals surface area (Å²) in [6.07, 6.45) is 0. The van der Waals surface area contributed by atoms with E-state index in [0.717, 1.165) is 17.8 Å². The molecule has 30 heavy (non-hydrogen) atoms. The van der Waals surface area contributed by atoms with Gasteiger partial charge in [-0.15, -0.1) is 11.3 Å². The Morgan fingerprint density at radius 2 is 1.93 bits per heavy atom. The maximum atomic E-state index is 14.6. The van der Waals surface area contributed by atoms with Crippen LogP contribution in [0.5, 0.6) is 0 Å². The number of benzene rings is 1. The zero-order valence-corrected chi connectivity index (χ0v) is 18.5. The number of ether oxygens (including phenoxy) is 1. The highest BCUT2D eigenvalue weighted by Crippen LogP contribution is 2.53. The zero-order valence-electron chi connectivity index (χ0n) is 16.9. The van der Waals surface area contributed by atoms with Crippen molar-refractivity contribution in [3.63, 3.8) is 0 Å². The number of halogens is 1. The summed E-state index contributed by atoms with van der Waals surface area (Å²) in [5.74, 6) is 1.02. The molecule has 0 amide bonds. The molecular weight excluding hydrogens is 425 g/mol. The molecule has 0 bridgehead atoms. The van der Waals surface area contributed by atoms with E-state index in [1.807, 2.05) is 29.3 Å². The fraction of sp³-hybridized carbons (Fsp3) is 0.524. The second-order valence-corrected chi connectivity index (χ2v) is 11.5. The molecule has 2 aliphatic heterocycles. The monoisotopic (exact) mass is 451 g/mol. The van der Waals surface area contributed by atoms with Gasteiger partial charge in [-0.25, -0.2) is 12.8 Å². The molecule has 3 fully saturated rings. The lowest BCUT2D eigenvalue weighted by Crippen LogP contribution is -2.36. The molecule has 9 heteroatoms. The van der Waals surface area contributed by atoms with Crippen molar-refractivity contribution >= 4 is 32.7 Å². The van der Waals surface area contributed by atoms with Crippen molar-refractivity contribution in [3.8, 4) is 0 Å². The topological polar surface area (TPSA) is 61.9 Å². The quantitative estimate of drug-likeness (QED) is 0.732. The van der Waals surface area contributed by atoms with E-state index in [-0.39, 0.29) is 5.82 Å². The number of morpholine rings is 1. The Labute approximate surface area is 180 Å². The molecule has 1 aliphatic carbocycles. The maximum absolute atomic E-state index is 14.6. The summed E-state index contributed by atoms with van der Waals surface area (Å²) in [7, 11) is -3.36. The van der Waals surface area contributed by atoms with Gasteiger partial charge >= 0.3 is 0 Å². The van der Waals surface area contributed by atoms with Gasteiger partial charge < -0.3 is 15.0 Å². The number of thiophene rings is 1. The van der Waals surface area contributed by atoms with Gasteiger partial charge in [0.05, 0.1) is 18.9 Å². The highest BCUT2D eigenvalue weighted by molar-refractivity contribution is 7.91. The van der Waals surface area contributed by atoms with E-state index >= 15 is 0 Å². The Hall–Kier alpha value is -1.68. The first kappa shape index (κ1) is 20.2. The van der Waals surface area contributed by atoms with Crippen molar-refractivity contribution in [3.05, 3.63) is 41.0 Å². The molecular formula is C21H26FN3O3S2. The van der Waals surface area contributed by atoms with Crippen molar-refractivity contribution in [1.82, 2.24) is 4.31 Å². The number of hydrogen-bond donors (Lipinski definition) is 1. The van der Waals surface area contributed by atoms with E-state index in [1.54, 1.807) is 16.4 Å². The molecule has 162 valence electrons. The summed E-state index contributed by atoms with van der Waals surface area (Å²) in [4.78, 5) is 2.01. The van der Waals surface area contributed by atoms with Gasteiger partial charge in [-0.2, -0.15) is 4.31 Å². The smallest absolute Gasteiger partial charge is 0.252 e. The van der Waals surface area contributed by atoms with E-state index in [9.17, 15) is 12.8 Å². The second kappa shape index (κ2) is 7.78. The van der Waals surface area contributed by atoms with Gasteiger partial charge in [0, 0.05) is 38.4 Å². The number of hydrogen-bond acceptors (Lipinski definition) is 6. The summed E-state index contributed by atoms with van der Waals surface area (Å²) < 4.78 is 47.5. The van der Waals surface area contributed by atoms with Crippen molar-refractivity contribution < 1.29 is 17.5 Å². The van der Waals surface area contributed by atoms with Crippen LogP contribution in [0.1, 0.15) is 5.56 Å². The first-order valence-electron chi connectivity index (χ1n) is 10.3. The Morgan fingerprint density at radius 3 is 2.57 bits per heavy atom. The first-order chi connectivity index (χ1) is 14.4. The zero-order chi connectivity index (χ0) is 20.9. The SMILES string of the molecule is Cc1csc(S(=O)(=O)N2CC3C(CNc4ccc(N5CCOCC5)c(F)c4)C3C2)c1. The van der Waals surface area contributed by atoms with Crippen LogP contribution in [0.25, 0.3) is 0 Å². The molecule has 2 saturated heterocycles.